The molecule has 1 aliphatic rings. The minimum absolute atomic E-state index is 0.113. The molecule has 2 unspecified atom stereocenters. The maximum atomic E-state index is 12.0. The second-order valence-corrected chi connectivity index (χ2v) is 5.43. The van der Waals surface area contributed by atoms with E-state index in [-0.39, 0.29) is 12.0 Å². The highest BCUT2D eigenvalue weighted by Gasteiger charge is 2.25. The molecule has 1 aliphatic heterocycles. The highest BCUT2D eigenvalue weighted by atomic mass is 16.5. The van der Waals surface area contributed by atoms with Crippen molar-refractivity contribution in [3.63, 3.8) is 0 Å². The Kier molecular flexibility index (Phi) is 4.97. The molecule has 3 nitrogen and oxygen atoms in total. The van der Waals surface area contributed by atoms with Crippen LogP contribution in [-0.2, 0) is 22.5 Å². The van der Waals surface area contributed by atoms with Crippen molar-refractivity contribution in [1.82, 2.24) is 5.32 Å². The molecule has 0 aromatic heterocycles. The summed E-state index contributed by atoms with van der Waals surface area (Å²) in [6.45, 7) is 5.56. The second-order valence-electron chi connectivity index (χ2n) is 5.43. The molecule has 0 aliphatic carbocycles. The van der Waals surface area contributed by atoms with E-state index in [0.29, 0.717) is 12.5 Å². The minimum atomic E-state index is -0.191. The molecular formula is C16H23NO2. The number of carbonyl (C=O) groups is 1. The summed E-state index contributed by atoms with van der Waals surface area (Å²) < 4.78 is 5.41. The second kappa shape index (κ2) is 6.71. The normalized spacial score (nSPS) is 19.6. The molecule has 104 valence electrons. The van der Waals surface area contributed by atoms with Crippen LogP contribution in [0.25, 0.3) is 0 Å². The molecular weight excluding hydrogens is 238 g/mol. The van der Waals surface area contributed by atoms with Gasteiger partial charge in [-0.1, -0.05) is 44.5 Å². The Labute approximate surface area is 115 Å². The molecule has 0 radical (unpaired) electrons. The Morgan fingerprint density at radius 1 is 1.42 bits per heavy atom. The van der Waals surface area contributed by atoms with Crippen molar-refractivity contribution >= 4 is 5.97 Å². The lowest BCUT2D eigenvalue weighted by molar-refractivity contribution is -0.147. The van der Waals surface area contributed by atoms with Gasteiger partial charge in [0.2, 0.25) is 0 Å². The van der Waals surface area contributed by atoms with Gasteiger partial charge in [0.15, 0.2) is 0 Å². The van der Waals surface area contributed by atoms with E-state index in [1.165, 1.54) is 11.1 Å². The molecule has 0 fully saturated rings. The molecule has 2 rings (SSSR count). The van der Waals surface area contributed by atoms with Gasteiger partial charge < -0.3 is 10.1 Å². The van der Waals surface area contributed by atoms with Crippen LogP contribution >= 0.6 is 0 Å². The van der Waals surface area contributed by atoms with Gasteiger partial charge >= 0.3 is 5.97 Å². The smallest absolute Gasteiger partial charge is 0.323 e. The van der Waals surface area contributed by atoms with E-state index >= 15 is 0 Å². The quantitative estimate of drug-likeness (QED) is 0.828. The van der Waals surface area contributed by atoms with E-state index in [9.17, 15) is 4.79 Å². The summed E-state index contributed by atoms with van der Waals surface area (Å²) in [4.78, 5) is 12.0. The molecule has 0 saturated carbocycles. The predicted molar refractivity (Wildman–Crippen MR) is 75.8 cm³/mol. The molecule has 1 heterocycles. The fourth-order valence-electron chi connectivity index (χ4n) is 2.52. The molecule has 1 aromatic carbocycles. The molecule has 0 spiro atoms. The molecule has 2 atom stereocenters. The third-order valence-electron chi connectivity index (χ3n) is 3.66. The standard InChI is InChI=1S/C16H23NO2/c1-3-6-12(2)11-19-16(18)15-9-13-7-4-5-8-14(13)10-17-15/h4-5,7-8,12,15,17H,3,6,9-11H2,1-2H3. The van der Waals surface area contributed by atoms with Gasteiger partial charge in [0.25, 0.3) is 0 Å². The van der Waals surface area contributed by atoms with Crippen LogP contribution in [0.5, 0.6) is 0 Å². The number of ether oxygens (including phenoxy) is 1. The van der Waals surface area contributed by atoms with E-state index in [1.807, 2.05) is 12.1 Å². The van der Waals surface area contributed by atoms with Gasteiger partial charge in [-0.3, -0.25) is 4.79 Å². The van der Waals surface area contributed by atoms with E-state index in [4.69, 9.17) is 4.74 Å². The van der Waals surface area contributed by atoms with E-state index in [0.717, 1.165) is 25.8 Å². The van der Waals surface area contributed by atoms with Crippen molar-refractivity contribution in [2.24, 2.45) is 5.92 Å². The number of fused-ring (bicyclic) bond motifs is 1. The third kappa shape index (κ3) is 3.80. The van der Waals surface area contributed by atoms with Crippen molar-refractivity contribution < 1.29 is 9.53 Å². The van der Waals surface area contributed by atoms with Crippen LogP contribution < -0.4 is 5.32 Å². The number of hydrogen-bond donors (Lipinski definition) is 1. The number of carbonyl (C=O) groups excluding carboxylic acids is 1. The Bertz CT molecular complexity index is 431. The van der Waals surface area contributed by atoms with Crippen molar-refractivity contribution in [1.29, 1.82) is 0 Å². The molecule has 1 aromatic rings. The van der Waals surface area contributed by atoms with Gasteiger partial charge in [-0.15, -0.1) is 0 Å². The number of esters is 1. The zero-order chi connectivity index (χ0) is 13.7. The summed E-state index contributed by atoms with van der Waals surface area (Å²) in [5, 5.41) is 3.26. The monoisotopic (exact) mass is 261 g/mol. The van der Waals surface area contributed by atoms with Gasteiger partial charge in [0, 0.05) is 6.54 Å². The van der Waals surface area contributed by atoms with Crippen LogP contribution in [0.3, 0.4) is 0 Å². The average Bonchev–Trinajstić information content (AvgIpc) is 2.44. The van der Waals surface area contributed by atoms with Crippen LogP contribution in [-0.4, -0.2) is 18.6 Å². The number of nitrogens with one attached hydrogen (secondary N) is 1. The zero-order valence-corrected chi connectivity index (χ0v) is 11.8. The van der Waals surface area contributed by atoms with Crippen molar-refractivity contribution in [3.05, 3.63) is 35.4 Å². The van der Waals surface area contributed by atoms with Gasteiger partial charge in [-0.05, 0) is 29.9 Å². The van der Waals surface area contributed by atoms with Gasteiger partial charge in [-0.2, -0.15) is 0 Å². The summed E-state index contributed by atoms with van der Waals surface area (Å²) in [6.07, 6.45) is 2.97. The van der Waals surface area contributed by atoms with Crippen molar-refractivity contribution in [2.75, 3.05) is 6.61 Å². The number of hydrogen-bond acceptors (Lipinski definition) is 3. The Morgan fingerprint density at radius 3 is 2.89 bits per heavy atom. The van der Waals surface area contributed by atoms with Crippen LogP contribution in [0.1, 0.15) is 37.8 Å². The lowest BCUT2D eigenvalue weighted by atomic mass is 9.96. The van der Waals surface area contributed by atoms with Crippen molar-refractivity contribution in [2.45, 2.75) is 45.7 Å². The summed E-state index contributed by atoms with van der Waals surface area (Å²) in [5.41, 5.74) is 2.54. The first-order valence-corrected chi connectivity index (χ1v) is 7.17. The third-order valence-corrected chi connectivity index (χ3v) is 3.66. The largest absolute Gasteiger partial charge is 0.464 e. The summed E-state index contributed by atoms with van der Waals surface area (Å²) in [5.74, 6) is 0.335. The molecule has 3 heteroatoms. The van der Waals surface area contributed by atoms with Gasteiger partial charge in [0.1, 0.15) is 6.04 Å². The minimum Gasteiger partial charge on any atom is -0.464 e. The predicted octanol–water partition coefficient (Wildman–Crippen LogP) is 2.68. The SMILES string of the molecule is CCCC(C)COC(=O)C1Cc2ccccc2CN1. The van der Waals surface area contributed by atoms with Crippen LogP contribution in [0.2, 0.25) is 0 Å². The number of benzene rings is 1. The van der Waals surface area contributed by atoms with E-state index < -0.39 is 0 Å². The van der Waals surface area contributed by atoms with Gasteiger partial charge in [0.05, 0.1) is 6.61 Å². The van der Waals surface area contributed by atoms with Crippen LogP contribution in [0.4, 0.5) is 0 Å². The summed E-state index contributed by atoms with van der Waals surface area (Å²) in [7, 11) is 0. The van der Waals surface area contributed by atoms with Crippen molar-refractivity contribution in [3.8, 4) is 0 Å². The zero-order valence-electron chi connectivity index (χ0n) is 11.8. The average molecular weight is 261 g/mol. The van der Waals surface area contributed by atoms with E-state index in [2.05, 4.69) is 31.3 Å². The van der Waals surface area contributed by atoms with E-state index in [1.54, 1.807) is 0 Å². The first-order chi connectivity index (χ1) is 9.20. The maximum absolute atomic E-state index is 12.0. The topological polar surface area (TPSA) is 38.3 Å². The molecule has 0 saturated heterocycles. The first-order valence-electron chi connectivity index (χ1n) is 7.17. The van der Waals surface area contributed by atoms with Crippen LogP contribution in [0.15, 0.2) is 24.3 Å². The Morgan fingerprint density at radius 2 is 2.16 bits per heavy atom. The Hall–Kier alpha value is -1.35. The maximum Gasteiger partial charge on any atom is 0.323 e. The fraction of sp³-hybridized carbons (Fsp3) is 0.562. The fourth-order valence-corrected chi connectivity index (χ4v) is 2.52. The molecule has 0 amide bonds. The number of rotatable bonds is 5. The lowest BCUT2D eigenvalue weighted by Gasteiger charge is -2.25. The highest BCUT2D eigenvalue weighted by Crippen LogP contribution is 2.17. The highest BCUT2D eigenvalue weighted by molar-refractivity contribution is 5.76. The first kappa shape index (κ1) is 14.1. The van der Waals surface area contributed by atoms with Gasteiger partial charge in [-0.25, -0.2) is 0 Å². The van der Waals surface area contributed by atoms with Crippen LogP contribution in [0, 0.1) is 5.92 Å². The lowest BCUT2D eigenvalue weighted by Crippen LogP contribution is -2.43. The summed E-state index contributed by atoms with van der Waals surface area (Å²) in [6, 6.07) is 8.06. The Balaban J connectivity index is 1.85. The molecule has 1 N–H and O–H groups in total. The summed E-state index contributed by atoms with van der Waals surface area (Å²) >= 11 is 0. The molecule has 0 bridgehead atoms. The molecule has 19 heavy (non-hydrogen) atoms.